The summed E-state index contributed by atoms with van der Waals surface area (Å²) < 4.78 is 38.3. The number of halogens is 3. The van der Waals surface area contributed by atoms with Crippen LogP contribution in [-0.2, 0) is 4.74 Å². The number of rotatable bonds is 1. The Balaban J connectivity index is 2.29. The van der Waals surface area contributed by atoms with Gasteiger partial charge in [0.15, 0.2) is 0 Å². The Labute approximate surface area is 62.1 Å². The van der Waals surface area contributed by atoms with Crippen molar-refractivity contribution < 1.29 is 17.9 Å². The van der Waals surface area contributed by atoms with E-state index in [4.69, 9.17) is 0 Å². The number of hydrogen-bond donors (Lipinski definition) is 1. The first-order valence-corrected chi connectivity index (χ1v) is 3.00. The van der Waals surface area contributed by atoms with E-state index in [9.17, 15) is 13.2 Å². The maximum absolute atomic E-state index is 11.5. The minimum atomic E-state index is -4.57. The van der Waals surface area contributed by atoms with Crippen LogP contribution in [0.15, 0.2) is 0 Å². The van der Waals surface area contributed by atoms with Crippen molar-refractivity contribution in [2.45, 2.75) is 12.6 Å². The molecule has 0 aromatic carbocycles. The van der Waals surface area contributed by atoms with Crippen LogP contribution >= 0.6 is 0 Å². The van der Waals surface area contributed by atoms with Crippen LogP contribution in [0.2, 0.25) is 0 Å². The minimum absolute atomic E-state index is 0.376. The van der Waals surface area contributed by atoms with Crippen molar-refractivity contribution in [1.82, 2.24) is 10.2 Å². The molecule has 1 saturated heterocycles. The van der Waals surface area contributed by atoms with E-state index in [0.717, 1.165) is 0 Å². The summed E-state index contributed by atoms with van der Waals surface area (Å²) >= 11 is 0. The monoisotopic (exact) mass is 169 g/mol. The van der Waals surface area contributed by atoms with Gasteiger partial charge in [0.1, 0.15) is 6.23 Å². The van der Waals surface area contributed by atoms with Crippen LogP contribution < -0.4 is 5.32 Å². The smallest absolute Gasteiger partial charge is 0.285 e. The van der Waals surface area contributed by atoms with Crippen LogP contribution in [0.3, 0.4) is 0 Å². The molecule has 1 atom stereocenters. The number of nitrogens with zero attached hydrogens (tertiary/aromatic N) is 1. The first-order chi connectivity index (χ1) is 4.97. The molecule has 1 unspecified atom stereocenters. The van der Waals surface area contributed by atoms with Crippen molar-refractivity contribution in [3.05, 3.63) is 6.54 Å². The van der Waals surface area contributed by atoms with Crippen molar-refractivity contribution in [3.63, 3.8) is 0 Å². The van der Waals surface area contributed by atoms with E-state index in [1.165, 1.54) is 6.54 Å². The minimum Gasteiger partial charge on any atom is -0.285 e. The third-order valence-electron chi connectivity index (χ3n) is 1.19. The lowest BCUT2D eigenvalue weighted by atomic mass is 10.6. The lowest BCUT2D eigenvalue weighted by Crippen LogP contribution is -2.31. The van der Waals surface area contributed by atoms with Gasteiger partial charge >= 0.3 is 6.36 Å². The molecule has 0 aromatic rings. The summed E-state index contributed by atoms with van der Waals surface area (Å²) in [5.74, 6) is 0. The van der Waals surface area contributed by atoms with E-state index in [1.54, 1.807) is 11.9 Å². The number of alkyl halides is 3. The summed E-state index contributed by atoms with van der Waals surface area (Å²) in [6.45, 7) is 1.70. The van der Waals surface area contributed by atoms with Gasteiger partial charge in [0.05, 0.1) is 13.2 Å². The fourth-order valence-corrected chi connectivity index (χ4v) is 0.787. The Morgan fingerprint density at radius 2 is 2.27 bits per heavy atom. The topological polar surface area (TPSA) is 24.5 Å². The highest BCUT2D eigenvalue weighted by atomic mass is 19.4. The van der Waals surface area contributed by atoms with Crippen LogP contribution in [0.4, 0.5) is 13.2 Å². The van der Waals surface area contributed by atoms with Crippen LogP contribution in [0.25, 0.3) is 0 Å². The quantitative estimate of drug-likeness (QED) is 0.618. The van der Waals surface area contributed by atoms with E-state index in [1.807, 2.05) is 0 Å². The largest absolute Gasteiger partial charge is 0.524 e. The summed E-state index contributed by atoms with van der Waals surface area (Å²) in [5.41, 5.74) is 0. The Bertz CT molecular complexity index is 138. The molecule has 0 aromatic heterocycles. The highest BCUT2D eigenvalue weighted by Crippen LogP contribution is 2.20. The van der Waals surface area contributed by atoms with Gasteiger partial charge in [-0.3, -0.25) is 15.0 Å². The van der Waals surface area contributed by atoms with Crippen LogP contribution in [0.5, 0.6) is 0 Å². The predicted molar refractivity (Wildman–Crippen MR) is 31.0 cm³/mol. The Kier molecular flexibility index (Phi) is 2.36. The van der Waals surface area contributed by atoms with Gasteiger partial charge in [-0.05, 0) is 7.05 Å². The normalized spacial score (nSPS) is 27.8. The van der Waals surface area contributed by atoms with Crippen molar-refractivity contribution in [3.8, 4) is 0 Å². The Morgan fingerprint density at radius 3 is 2.64 bits per heavy atom. The van der Waals surface area contributed by atoms with Gasteiger partial charge in [0.25, 0.3) is 0 Å². The Hall–Kier alpha value is -0.330. The molecule has 6 heteroatoms. The standard InChI is InChI=1S/C5H8F3N2O/c1-10-2-4(9-3-10)11-5(6,7)8/h2,4,9H,3H2,1H3. The molecular weight excluding hydrogens is 161 g/mol. The molecule has 1 fully saturated rings. The fourth-order valence-electron chi connectivity index (χ4n) is 0.787. The van der Waals surface area contributed by atoms with Crippen molar-refractivity contribution in [2.24, 2.45) is 0 Å². The molecule has 1 heterocycles. The molecule has 0 amide bonds. The van der Waals surface area contributed by atoms with Gasteiger partial charge in [-0.1, -0.05) is 0 Å². The zero-order valence-corrected chi connectivity index (χ0v) is 5.85. The van der Waals surface area contributed by atoms with E-state index < -0.39 is 12.6 Å². The second-order valence-electron chi connectivity index (χ2n) is 2.25. The number of hydrogen-bond acceptors (Lipinski definition) is 3. The molecule has 0 saturated carbocycles. The maximum Gasteiger partial charge on any atom is 0.524 e. The second-order valence-corrected chi connectivity index (χ2v) is 2.25. The first kappa shape index (κ1) is 8.76. The van der Waals surface area contributed by atoms with Gasteiger partial charge in [-0.15, -0.1) is 13.2 Å². The zero-order valence-electron chi connectivity index (χ0n) is 5.85. The van der Waals surface area contributed by atoms with Gasteiger partial charge in [0.2, 0.25) is 0 Å². The summed E-state index contributed by atoms with van der Waals surface area (Å²) in [6, 6.07) is 0. The average Bonchev–Trinajstić information content (AvgIpc) is 2.10. The highest BCUT2D eigenvalue weighted by Gasteiger charge is 2.35. The summed E-state index contributed by atoms with van der Waals surface area (Å²) in [6.07, 6.45) is -5.61. The van der Waals surface area contributed by atoms with Crippen LogP contribution in [0.1, 0.15) is 0 Å². The molecule has 3 nitrogen and oxygen atoms in total. The fraction of sp³-hybridized carbons (Fsp3) is 0.800. The average molecular weight is 169 g/mol. The van der Waals surface area contributed by atoms with Crippen LogP contribution in [-0.4, -0.2) is 31.2 Å². The highest BCUT2D eigenvalue weighted by molar-refractivity contribution is 4.80. The SMILES string of the molecule is CN1[CH]C(OC(F)(F)F)NC1. The number of nitrogens with one attached hydrogen (secondary N) is 1. The number of likely N-dealkylation sites (N-methyl/N-ethyl adjacent to an activating group) is 1. The van der Waals surface area contributed by atoms with Gasteiger partial charge in [-0.2, -0.15) is 0 Å². The van der Waals surface area contributed by atoms with Gasteiger partial charge in [0, 0.05) is 0 Å². The van der Waals surface area contributed by atoms with Crippen LogP contribution in [0, 0.1) is 6.54 Å². The molecule has 65 valence electrons. The van der Waals surface area contributed by atoms with Crippen molar-refractivity contribution in [1.29, 1.82) is 0 Å². The van der Waals surface area contributed by atoms with E-state index in [2.05, 4.69) is 10.1 Å². The van der Waals surface area contributed by atoms with Gasteiger partial charge in [-0.25, -0.2) is 0 Å². The summed E-state index contributed by atoms with van der Waals surface area (Å²) in [5, 5.41) is 2.49. The van der Waals surface area contributed by atoms with Crippen molar-refractivity contribution >= 4 is 0 Å². The molecule has 1 radical (unpaired) electrons. The van der Waals surface area contributed by atoms with E-state index in [0.29, 0.717) is 6.67 Å². The molecular formula is C5H8F3N2O. The van der Waals surface area contributed by atoms with Crippen molar-refractivity contribution in [2.75, 3.05) is 13.7 Å². The Morgan fingerprint density at radius 1 is 1.64 bits per heavy atom. The zero-order chi connectivity index (χ0) is 8.48. The summed E-state index contributed by atoms with van der Waals surface area (Å²) in [7, 11) is 1.66. The molecule has 1 N–H and O–H groups in total. The molecule has 11 heavy (non-hydrogen) atoms. The third-order valence-corrected chi connectivity index (χ3v) is 1.19. The number of ether oxygens (including phenoxy) is 1. The molecule has 0 spiro atoms. The predicted octanol–water partition coefficient (Wildman–Crippen LogP) is 0.503. The van der Waals surface area contributed by atoms with Gasteiger partial charge < -0.3 is 0 Å². The third kappa shape index (κ3) is 3.04. The second kappa shape index (κ2) is 2.96. The molecule has 1 aliphatic rings. The first-order valence-electron chi connectivity index (χ1n) is 3.00. The molecule has 0 aliphatic carbocycles. The molecule has 0 bridgehead atoms. The molecule has 1 aliphatic heterocycles. The van der Waals surface area contributed by atoms with E-state index >= 15 is 0 Å². The lowest BCUT2D eigenvalue weighted by Gasteiger charge is -2.12. The lowest BCUT2D eigenvalue weighted by molar-refractivity contribution is -0.340. The maximum atomic E-state index is 11.5. The summed E-state index contributed by atoms with van der Waals surface area (Å²) in [4.78, 5) is 1.58. The van der Waals surface area contributed by atoms with E-state index in [-0.39, 0.29) is 0 Å². The molecule has 1 rings (SSSR count).